The van der Waals surface area contributed by atoms with Gasteiger partial charge in [-0.3, -0.25) is 4.79 Å². The molecule has 1 N–H and O–H groups in total. The zero-order valence-electron chi connectivity index (χ0n) is 9.67. The minimum Gasteiger partial charge on any atom is -0.348 e. The van der Waals surface area contributed by atoms with Crippen LogP contribution in [-0.4, -0.2) is 27.0 Å². The summed E-state index contributed by atoms with van der Waals surface area (Å²) in [5.74, 6) is -2.04. The molecule has 0 aliphatic rings. The number of rotatable bonds is 4. The van der Waals surface area contributed by atoms with Crippen LogP contribution >= 0.6 is 26.6 Å². The molecular formula is C10H8BrClF3NO3S. The van der Waals surface area contributed by atoms with E-state index in [9.17, 15) is 26.4 Å². The Labute approximate surface area is 125 Å². The lowest BCUT2D eigenvalue weighted by atomic mass is 10.1. The fourth-order valence-electron chi connectivity index (χ4n) is 1.31. The predicted molar refractivity (Wildman–Crippen MR) is 69.9 cm³/mol. The molecule has 0 aliphatic heterocycles. The Morgan fingerprint density at radius 1 is 1.35 bits per heavy atom. The SMILES string of the molecule is O=C(NCCc1ccc(Br)c(S(=O)(=O)Cl)c1)C(F)(F)F. The molecule has 0 fully saturated rings. The Morgan fingerprint density at radius 3 is 2.45 bits per heavy atom. The van der Waals surface area contributed by atoms with Crippen LogP contribution in [-0.2, 0) is 20.3 Å². The molecule has 0 aromatic heterocycles. The number of carbonyl (C=O) groups excluding carboxylic acids is 1. The molecule has 0 aliphatic carbocycles. The van der Waals surface area contributed by atoms with Crippen LogP contribution in [0.5, 0.6) is 0 Å². The molecule has 1 aromatic rings. The van der Waals surface area contributed by atoms with Gasteiger partial charge in [-0.25, -0.2) is 8.42 Å². The topological polar surface area (TPSA) is 63.2 Å². The summed E-state index contributed by atoms with van der Waals surface area (Å²) < 4.78 is 58.5. The van der Waals surface area contributed by atoms with Gasteiger partial charge in [0.25, 0.3) is 9.05 Å². The third-order valence-electron chi connectivity index (χ3n) is 2.21. The van der Waals surface area contributed by atoms with Crippen LogP contribution in [0.4, 0.5) is 13.2 Å². The molecule has 0 saturated carbocycles. The van der Waals surface area contributed by atoms with E-state index in [1.807, 2.05) is 0 Å². The van der Waals surface area contributed by atoms with Gasteiger partial charge >= 0.3 is 12.1 Å². The van der Waals surface area contributed by atoms with Crippen LogP contribution in [0.25, 0.3) is 0 Å². The van der Waals surface area contributed by atoms with Gasteiger partial charge in [0, 0.05) is 21.7 Å². The number of nitrogens with one attached hydrogen (secondary N) is 1. The molecule has 0 spiro atoms. The Kier molecular flexibility index (Phi) is 5.45. The zero-order valence-corrected chi connectivity index (χ0v) is 12.8. The van der Waals surface area contributed by atoms with Crippen molar-refractivity contribution in [3.8, 4) is 0 Å². The van der Waals surface area contributed by atoms with Crippen molar-refractivity contribution < 1.29 is 26.4 Å². The Bertz CT molecular complexity index is 619. The smallest absolute Gasteiger partial charge is 0.348 e. The number of alkyl halides is 3. The van der Waals surface area contributed by atoms with Crippen molar-refractivity contribution in [3.63, 3.8) is 0 Å². The van der Waals surface area contributed by atoms with E-state index >= 15 is 0 Å². The largest absolute Gasteiger partial charge is 0.471 e. The molecule has 0 radical (unpaired) electrons. The van der Waals surface area contributed by atoms with Gasteiger partial charge in [-0.15, -0.1) is 0 Å². The van der Waals surface area contributed by atoms with E-state index in [1.165, 1.54) is 18.2 Å². The molecule has 4 nitrogen and oxygen atoms in total. The monoisotopic (exact) mass is 393 g/mol. The molecular weight excluding hydrogens is 387 g/mol. The second-order valence-electron chi connectivity index (χ2n) is 3.71. The van der Waals surface area contributed by atoms with E-state index in [2.05, 4.69) is 15.9 Å². The van der Waals surface area contributed by atoms with E-state index in [0.29, 0.717) is 5.56 Å². The van der Waals surface area contributed by atoms with Crippen LogP contribution in [0.1, 0.15) is 5.56 Å². The quantitative estimate of drug-likeness (QED) is 0.799. The van der Waals surface area contributed by atoms with E-state index in [-0.39, 0.29) is 22.3 Å². The fourth-order valence-corrected chi connectivity index (χ4v) is 3.45. The van der Waals surface area contributed by atoms with Gasteiger partial charge in [-0.1, -0.05) is 6.07 Å². The molecule has 0 saturated heterocycles. The number of hydrogen-bond donors (Lipinski definition) is 1. The van der Waals surface area contributed by atoms with E-state index < -0.39 is 21.1 Å². The summed E-state index contributed by atoms with van der Waals surface area (Å²) in [4.78, 5) is 10.4. The second kappa shape index (κ2) is 6.31. The molecule has 1 aromatic carbocycles. The summed E-state index contributed by atoms with van der Waals surface area (Å²) >= 11 is 3.00. The first-order valence-electron chi connectivity index (χ1n) is 5.10. The van der Waals surface area contributed by atoms with Crippen molar-refractivity contribution in [2.75, 3.05) is 6.54 Å². The van der Waals surface area contributed by atoms with Crippen LogP contribution in [0.15, 0.2) is 27.6 Å². The highest BCUT2D eigenvalue weighted by Gasteiger charge is 2.38. The second-order valence-corrected chi connectivity index (χ2v) is 7.09. The maximum Gasteiger partial charge on any atom is 0.471 e. The van der Waals surface area contributed by atoms with Gasteiger partial charge in [0.15, 0.2) is 0 Å². The van der Waals surface area contributed by atoms with Crippen molar-refractivity contribution in [1.29, 1.82) is 0 Å². The fraction of sp³-hybridized carbons (Fsp3) is 0.300. The molecule has 1 rings (SSSR count). The summed E-state index contributed by atoms with van der Waals surface area (Å²) in [6.07, 6.45) is -4.90. The lowest BCUT2D eigenvalue weighted by Crippen LogP contribution is -2.37. The maximum atomic E-state index is 11.9. The van der Waals surface area contributed by atoms with Crippen LogP contribution < -0.4 is 5.32 Å². The van der Waals surface area contributed by atoms with Gasteiger partial charge in [0.2, 0.25) is 0 Å². The van der Waals surface area contributed by atoms with E-state index in [0.717, 1.165) is 0 Å². The Hall–Kier alpha value is -0.800. The molecule has 10 heteroatoms. The number of amides is 1. The average Bonchev–Trinajstić information content (AvgIpc) is 2.28. The van der Waals surface area contributed by atoms with Crippen molar-refractivity contribution >= 4 is 41.6 Å². The third-order valence-corrected chi connectivity index (χ3v) is 4.53. The highest BCUT2D eigenvalue weighted by Crippen LogP contribution is 2.26. The summed E-state index contributed by atoms with van der Waals surface area (Å²) in [5, 5.41) is 1.69. The summed E-state index contributed by atoms with van der Waals surface area (Å²) in [5.41, 5.74) is 0.426. The van der Waals surface area contributed by atoms with Crippen molar-refractivity contribution in [1.82, 2.24) is 5.32 Å². The number of benzene rings is 1. The maximum absolute atomic E-state index is 11.9. The average molecular weight is 395 g/mol. The third kappa shape index (κ3) is 4.95. The number of carbonyl (C=O) groups is 1. The van der Waals surface area contributed by atoms with Crippen LogP contribution in [0.3, 0.4) is 0 Å². The molecule has 0 bridgehead atoms. The number of hydrogen-bond acceptors (Lipinski definition) is 3. The Balaban J connectivity index is 2.74. The van der Waals surface area contributed by atoms with Gasteiger partial charge < -0.3 is 5.32 Å². The highest BCUT2D eigenvalue weighted by molar-refractivity contribution is 9.10. The van der Waals surface area contributed by atoms with Crippen LogP contribution in [0, 0.1) is 0 Å². The van der Waals surface area contributed by atoms with Gasteiger partial charge in [-0.2, -0.15) is 13.2 Å². The van der Waals surface area contributed by atoms with E-state index in [1.54, 1.807) is 5.32 Å². The normalized spacial score (nSPS) is 12.2. The molecule has 0 atom stereocenters. The van der Waals surface area contributed by atoms with E-state index in [4.69, 9.17) is 10.7 Å². The van der Waals surface area contributed by atoms with Gasteiger partial charge in [0.1, 0.15) is 0 Å². The van der Waals surface area contributed by atoms with Crippen LogP contribution in [0.2, 0.25) is 0 Å². The molecule has 1 amide bonds. The minimum absolute atomic E-state index is 0.0362. The lowest BCUT2D eigenvalue weighted by Gasteiger charge is -2.08. The van der Waals surface area contributed by atoms with Gasteiger partial charge in [0.05, 0.1) is 4.90 Å². The lowest BCUT2D eigenvalue weighted by molar-refractivity contribution is -0.173. The summed E-state index contributed by atoms with van der Waals surface area (Å²) in [6, 6.07) is 4.15. The number of halogens is 5. The van der Waals surface area contributed by atoms with Gasteiger partial charge in [-0.05, 0) is 40.0 Å². The first-order chi connectivity index (χ1) is 9.01. The molecule has 20 heavy (non-hydrogen) atoms. The Morgan fingerprint density at radius 2 is 1.95 bits per heavy atom. The zero-order chi connectivity index (χ0) is 15.6. The molecule has 0 unspecified atom stereocenters. The summed E-state index contributed by atoms with van der Waals surface area (Å²) in [7, 11) is 1.24. The predicted octanol–water partition coefficient (Wildman–Crippen LogP) is 2.60. The first kappa shape index (κ1) is 17.3. The standard InChI is InChI=1S/C10H8BrClF3NO3S/c11-7-2-1-6(5-8(7)20(12,18)19)3-4-16-9(17)10(13,14)15/h1-2,5H,3-4H2,(H,16,17). The molecule has 112 valence electrons. The van der Waals surface area contributed by atoms with Crippen molar-refractivity contribution in [2.45, 2.75) is 17.5 Å². The first-order valence-corrected chi connectivity index (χ1v) is 8.20. The minimum atomic E-state index is -4.94. The molecule has 0 heterocycles. The highest BCUT2D eigenvalue weighted by atomic mass is 79.9. The van der Waals surface area contributed by atoms with Crippen molar-refractivity contribution in [2.24, 2.45) is 0 Å². The van der Waals surface area contributed by atoms with Crippen molar-refractivity contribution in [3.05, 3.63) is 28.2 Å². The summed E-state index contributed by atoms with van der Waals surface area (Å²) in [6.45, 7) is -0.276.